The number of nitrogens with zero attached hydrogens (tertiary/aromatic N) is 1. The van der Waals surface area contributed by atoms with E-state index >= 15 is 0 Å². The Bertz CT molecular complexity index is 653. The van der Waals surface area contributed by atoms with Crippen molar-refractivity contribution in [3.8, 4) is 0 Å². The van der Waals surface area contributed by atoms with Gasteiger partial charge < -0.3 is 4.57 Å². The predicted molar refractivity (Wildman–Crippen MR) is 75.5 cm³/mol. The second-order valence-electron chi connectivity index (χ2n) is 4.70. The molecule has 1 saturated heterocycles. The zero-order chi connectivity index (χ0) is 14.9. The van der Waals surface area contributed by atoms with Crippen molar-refractivity contribution in [3.63, 3.8) is 0 Å². The standard InChI is InChI=1S/C11H14BrN3O4S/c1-15-5-8(12)4-9(15)11(17)14-13-10(16)7-2-3-20(18,19)6-7/h4-5,7H,2-3,6H2,1H3,(H,13,16)(H,14,17). The highest BCUT2D eigenvalue weighted by Crippen LogP contribution is 2.18. The molecule has 0 aliphatic carbocycles. The van der Waals surface area contributed by atoms with Crippen LogP contribution in [0.1, 0.15) is 16.9 Å². The Morgan fingerprint density at radius 3 is 2.60 bits per heavy atom. The van der Waals surface area contributed by atoms with E-state index in [4.69, 9.17) is 0 Å². The molecule has 1 unspecified atom stereocenters. The molecule has 1 fully saturated rings. The number of halogens is 1. The van der Waals surface area contributed by atoms with Crippen molar-refractivity contribution in [1.29, 1.82) is 0 Å². The third kappa shape index (κ3) is 3.40. The molecular weight excluding hydrogens is 350 g/mol. The van der Waals surface area contributed by atoms with Gasteiger partial charge in [0.15, 0.2) is 9.84 Å². The van der Waals surface area contributed by atoms with Crippen molar-refractivity contribution in [1.82, 2.24) is 15.4 Å². The molecule has 1 atom stereocenters. The zero-order valence-corrected chi connectivity index (χ0v) is 13.1. The Balaban J connectivity index is 1.91. The van der Waals surface area contributed by atoms with Crippen LogP contribution in [0.2, 0.25) is 0 Å². The van der Waals surface area contributed by atoms with E-state index < -0.39 is 27.6 Å². The minimum atomic E-state index is -3.12. The molecule has 1 aromatic heterocycles. The summed E-state index contributed by atoms with van der Waals surface area (Å²) in [5.41, 5.74) is 4.92. The fourth-order valence-corrected chi connectivity index (χ4v) is 4.30. The van der Waals surface area contributed by atoms with Crippen LogP contribution in [0.3, 0.4) is 0 Å². The first-order valence-electron chi connectivity index (χ1n) is 5.91. The number of rotatable bonds is 2. The molecule has 2 heterocycles. The van der Waals surface area contributed by atoms with Crippen LogP contribution in [-0.2, 0) is 21.7 Å². The number of hydrogen-bond donors (Lipinski definition) is 2. The third-order valence-electron chi connectivity index (χ3n) is 3.11. The first-order chi connectivity index (χ1) is 9.28. The Labute approximate surface area is 124 Å². The predicted octanol–water partition coefficient (Wildman–Crippen LogP) is -0.0167. The molecule has 0 radical (unpaired) electrons. The highest BCUT2D eigenvalue weighted by atomic mass is 79.9. The second kappa shape index (κ2) is 5.57. The van der Waals surface area contributed by atoms with E-state index in [1.807, 2.05) is 0 Å². The van der Waals surface area contributed by atoms with E-state index in [0.29, 0.717) is 12.1 Å². The van der Waals surface area contributed by atoms with Gasteiger partial charge in [0.2, 0.25) is 5.91 Å². The maximum atomic E-state index is 11.8. The largest absolute Gasteiger partial charge is 0.345 e. The summed E-state index contributed by atoms with van der Waals surface area (Å²) >= 11 is 3.24. The lowest BCUT2D eigenvalue weighted by molar-refractivity contribution is -0.125. The molecule has 1 aromatic rings. The van der Waals surface area contributed by atoms with E-state index in [1.54, 1.807) is 23.9 Å². The minimum absolute atomic E-state index is 0.0176. The number of aromatic nitrogens is 1. The highest BCUT2D eigenvalue weighted by molar-refractivity contribution is 9.10. The van der Waals surface area contributed by atoms with Gasteiger partial charge in [-0.2, -0.15) is 0 Å². The molecule has 2 N–H and O–H groups in total. The van der Waals surface area contributed by atoms with Gasteiger partial charge >= 0.3 is 0 Å². The lowest BCUT2D eigenvalue weighted by Crippen LogP contribution is -2.45. The summed E-state index contributed by atoms with van der Waals surface area (Å²) < 4.78 is 24.9. The van der Waals surface area contributed by atoms with E-state index in [1.165, 1.54) is 0 Å². The van der Waals surface area contributed by atoms with Crippen molar-refractivity contribution in [2.24, 2.45) is 13.0 Å². The number of aryl methyl sites for hydroxylation is 1. The summed E-state index contributed by atoms with van der Waals surface area (Å²) in [6.45, 7) is 0. The monoisotopic (exact) mass is 363 g/mol. The van der Waals surface area contributed by atoms with Crippen molar-refractivity contribution in [3.05, 3.63) is 22.4 Å². The molecule has 9 heteroatoms. The molecule has 110 valence electrons. The number of carbonyl (C=O) groups is 2. The lowest BCUT2D eigenvalue weighted by atomic mass is 10.1. The topological polar surface area (TPSA) is 97.3 Å². The summed E-state index contributed by atoms with van der Waals surface area (Å²) in [5.74, 6) is -1.69. The molecule has 2 amide bonds. The third-order valence-corrected chi connectivity index (χ3v) is 5.31. The summed E-state index contributed by atoms with van der Waals surface area (Å²) in [4.78, 5) is 23.6. The average Bonchev–Trinajstić information content (AvgIpc) is 2.88. The lowest BCUT2D eigenvalue weighted by Gasteiger charge is -2.10. The van der Waals surface area contributed by atoms with Crippen LogP contribution in [0.15, 0.2) is 16.7 Å². The van der Waals surface area contributed by atoms with Crippen molar-refractivity contribution >= 4 is 37.6 Å². The summed E-state index contributed by atoms with van der Waals surface area (Å²) in [6, 6.07) is 1.61. The van der Waals surface area contributed by atoms with E-state index in [2.05, 4.69) is 26.8 Å². The van der Waals surface area contributed by atoms with Gasteiger partial charge in [-0.1, -0.05) is 0 Å². The van der Waals surface area contributed by atoms with Gasteiger partial charge in [-0.3, -0.25) is 20.4 Å². The van der Waals surface area contributed by atoms with Crippen LogP contribution in [0.5, 0.6) is 0 Å². The van der Waals surface area contributed by atoms with E-state index in [0.717, 1.165) is 4.47 Å². The molecule has 7 nitrogen and oxygen atoms in total. The summed E-state index contributed by atoms with van der Waals surface area (Å²) in [5, 5.41) is 0. The summed E-state index contributed by atoms with van der Waals surface area (Å²) in [7, 11) is -1.42. The fraction of sp³-hybridized carbons (Fsp3) is 0.455. The Morgan fingerprint density at radius 2 is 2.10 bits per heavy atom. The maximum Gasteiger partial charge on any atom is 0.286 e. The number of nitrogens with one attached hydrogen (secondary N) is 2. The summed E-state index contributed by atoms with van der Waals surface area (Å²) in [6.07, 6.45) is 2.00. The number of amides is 2. The van der Waals surface area contributed by atoms with Gasteiger partial charge in [-0.25, -0.2) is 8.42 Å². The number of carbonyl (C=O) groups excluding carboxylic acids is 2. The average molecular weight is 364 g/mol. The maximum absolute atomic E-state index is 11.8. The van der Waals surface area contributed by atoms with Gasteiger partial charge in [-0.15, -0.1) is 0 Å². The Hall–Kier alpha value is -1.35. The van der Waals surface area contributed by atoms with Crippen molar-refractivity contribution < 1.29 is 18.0 Å². The quantitative estimate of drug-likeness (QED) is 0.721. The van der Waals surface area contributed by atoms with E-state index in [-0.39, 0.29) is 11.5 Å². The first-order valence-corrected chi connectivity index (χ1v) is 8.52. The molecule has 1 aliphatic heterocycles. The van der Waals surface area contributed by atoms with Crippen molar-refractivity contribution in [2.45, 2.75) is 6.42 Å². The molecule has 0 spiro atoms. The van der Waals surface area contributed by atoms with Crippen molar-refractivity contribution in [2.75, 3.05) is 11.5 Å². The molecular formula is C11H14BrN3O4S. The van der Waals surface area contributed by atoms with Gasteiger partial charge in [0.1, 0.15) is 5.69 Å². The second-order valence-corrected chi connectivity index (χ2v) is 7.84. The number of hydrazine groups is 1. The SMILES string of the molecule is Cn1cc(Br)cc1C(=O)NNC(=O)C1CCS(=O)(=O)C1. The number of sulfone groups is 1. The highest BCUT2D eigenvalue weighted by Gasteiger charge is 2.33. The fourth-order valence-electron chi connectivity index (χ4n) is 2.04. The molecule has 20 heavy (non-hydrogen) atoms. The van der Waals surface area contributed by atoms with Crippen LogP contribution < -0.4 is 10.9 Å². The van der Waals surface area contributed by atoms with Gasteiger partial charge in [-0.05, 0) is 28.4 Å². The van der Waals surface area contributed by atoms with Gasteiger partial charge in [0, 0.05) is 17.7 Å². The smallest absolute Gasteiger partial charge is 0.286 e. The van der Waals surface area contributed by atoms with Crippen LogP contribution in [-0.4, -0.2) is 36.3 Å². The van der Waals surface area contributed by atoms with Gasteiger partial charge in [0.05, 0.1) is 17.4 Å². The molecule has 1 aliphatic rings. The molecule has 0 bridgehead atoms. The first kappa shape index (κ1) is 15.0. The van der Waals surface area contributed by atoms with Crippen LogP contribution in [0, 0.1) is 5.92 Å². The Morgan fingerprint density at radius 1 is 1.40 bits per heavy atom. The Kier molecular flexibility index (Phi) is 4.19. The van der Waals surface area contributed by atoms with Gasteiger partial charge in [0.25, 0.3) is 5.91 Å². The van der Waals surface area contributed by atoms with E-state index in [9.17, 15) is 18.0 Å². The van der Waals surface area contributed by atoms with Crippen LogP contribution in [0.4, 0.5) is 0 Å². The number of hydrogen-bond acceptors (Lipinski definition) is 4. The van der Waals surface area contributed by atoms with Crippen LogP contribution in [0.25, 0.3) is 0 Å². The zero-order valence-electron chi connectivity index (χ0n) is 10.7. The normalized spacial score (nSPS) is 20.6. The molecule has 0 saturated carbocycles. The van der Waals surface area contributed by atoms with Crippen LogP contribution >= 0.6 is 15.9 Å². The minimum Gasteiger partial charge on any atom is -0.345 e. The molecule has 0 aromatic carbocycles. The molecule has 2 rings (SSSR count).